The highest BCUT2D eigenvalue weighted by Crippen LogP contribution is 2.36. The summed E-state index contributed by atoms with van der Waals surface area (Å²) in [5, 5.41) is 11.1. The maximum absolute atomic E-state index is 13.3. The molecule has 0 unspecified atom stereocenters. The number of benzene rings is 1. The second kappa shape index (κ2) is 12.1. The number of ether oxygens (including phenoxy) is 4. The van der Waals surface area contributed by atoms with E-state index in [1.807, 2.05) is 46.8 Å². The van der Waals surface area contributed by atoms with E-state index >= 15 is 0 Å². The van der Waals surface area contributed by atoms with Gasteiger partial charge in [-0.3, -0.25) is 4.90 Å². The Bertz CT molecular complexity index is 1100. The van der Waals surface area contributed by atoms with E-state index in [1.165, 1.54) is 11.0 Å². The molecular formula is C31H45NO7. The van der Waals surface area contributed by atoms with Crippen molar-refractivity contribution in [2.24, 2.45) is 11.8 Å². The summed E-state index contributed by atoms with van der Waals surface area (Å²) in [4.78, 5) is 27.8. The normalized spacial score (nSPS) is 28.8. The minimum atomic E-state index is -0.714. The number of carbonyl (C=O) groups is 2. The van der Waals surface area contributed by atoms with Crippen molar-refractivity contribution >= 4 is 23.8 Å². The summed E-state index contributed by atoms with van der Waals surface area (Å²) < 4.78 is 23.9. The van der Waals surface area contributed by atoms with Gasteiger partial charge in [-0.1, -0.05) is 45.1 Å². The lowest BCUT2D eigenvalue weighted by atomic mass is 9.94. The molecule has 1 aromatic rings. The van der Waals surface area contributed by atoms with Gasteiger partial charge in [-0.25, -0.2) is 9.59 Å². The summed E-state index contributed by atoms with van der Waals surface area (Å²) in [6.45, 7) is 17.5. The maximum atomic E-state index is 13.3. The Hall–Kier alpha value is -2.84. The monoisotopic (exact) mass is 543 g/mol. The Morgan fingerprint density at radius 1 is 1.13 bits per heavy atom. The van der Waals surface area contributed by atoms with Crippen molar-refractivity contribution in [1.82, 2.24) is 0 Å². The smallest absolute Gasteiger partial charge is 0.414 e. The average Bonchev–Trinajstić information content (AvgIpc) is 3.12. The van der Waals surface area contributed by atoms with Crippen LogP contribution in [0.5, 0.6) is 5.75 Å². The van der Waals surface area contributed by atoms with E-state index in [0.29, 0.717) is 30.6 Å². The van der Waals surface area contributed by atoms with Crippen molar-refractivity contribution in [2.45, 2.75) is 105 Å². The molecular weight excluding hydrogens is 498 g/mol. The molecule has 0 bridgehead atoms. The summed E-state index contributed by atoms with van der Waals surface area (Å²) in [7, 11) is 0. The van der Waals surface area contributed by atoms with Gasteiger partial charge in [-0.2, -0.15) is 0 Å². The number of fused-ring (bicyclic) bond motifs is 2. The summed E-state index contributed by atoms with van der Waals surface area (Å²) in [5.41, 5.74) is 0.229. The van der Waals surface area contributed by atoms with Crippen LogP contribution in [0.2, 0.25) is 0 Å². The highest BCUT2D eigenvalue weighted by atomic mass is 16.8. The number of phenols is 1. The molecule has 5 atom stereocenters. The van der Waals surface area contributed by atoms with Crippen molar-refractivity contribution in [3.63, 3.8) is 0 Å². The molecule has 1 amide bonds. The van der Waals surface area contributed by atoms with E-state index in [4.69, 9.17) is 18.9 Å². The van der Waals surface area contributed by atoms with Crippen LogP contribution in [0, 0.1) is 11.8 Å². The molecule has 8 nitrogen and oxygen atoms in total. The number of hydrogen-bond donors (Lipinski definition) is 1. The summed E-state index contributed by atoms with van der Waals surface area (Å²) in [6.07, 6.45) is 7.68. The van der Waals surface area contributed by atoms with Crippen molar-refractivity contribution in [3.8, 4) is 5.75 Å². The van der Waals surface area contributed by atoms with E-state index in [9.17, 15) is 14.7 Å². The third-order valence-electron chi connectivity index (χ3n) is 6.87. The van der Waals surface area contributed by atoms with Crippen LogP contribution >= 0.6 is 0 Å². The predicted molar refractivity (Wildman–Crippen MR) is 152 cm³/mol. The second-order valence-electron chi connectivity index (χ2n) is 12.1. The number of hydrogen-bond acceptors (Lipinski definition) is 7. The van der Waals surface area contributed by atoms with Crippen molar-refractivity contribution < 1.29 is 33.6 Å². The van der Waals surface area contributed by atoms with Crippen molar-refractivity contribution in [1.29, 1.82) is 0 Å². The molecule has 8 heteroatoms. The molecule has 1 fully saturated rings. The average molecular weight is 544 g/mol. The molecule has 2 heterocycles. The number of anilines is 1. The van der Waals surface area contributed by atoms with Gasteiger partial charge in [0.15, 0.2) is 5.79 Å². The van der Waals surface area contributed by atoms with Gasteiger partial charge in [0.25, 0.3) is 0 Å². The number of esters is 1. The number of aromatic hydroxyl groups is 1. The first kappa shape index (κ1) is 30.7. The molecule has 1 saturated heterocycles. The lowest BCUT2D eigenvalue weighted by Gasteiger charge is -2.28. The molecule has 0 spiro atoms. The highest BCUT2D eigenvalue weighted by molar-refractivity contribution is 5.99. The van der Waals surface area contributed by atoms with E-state index in [1.54, 1.807) is 32.9 Å². The topological polar surface area (TPSA) is 94.5 Å². The number of carbonyl (C=O) groups excluding carboxylic acids is 2. The standard InChI is InChI=1S/C31H45NO7/c1-10-16-32(29(35)39-30(5,6)7)23-17-22-12-11-13-25-27(38-31(8,9)37-25)20(3)15-14-19(2)21(4)36-28(34)26(22)24(33)18-23/h11-12,14-15,17-21,25,27,33H,10,13,16H2,1-9H3/b12-11+,15-14-/t19-,20-,21+,25+,27-/m1/s1. The van der Waals surface area contributed by atoms with Crippen LogP contribution in [0.3, 0.4) is 0 Å². The third-order valence-corrected chi connectivity index (χ3v) is 6.87. The number of rotatable bonds is 3. The quantitative estimate of drug-likeness (QED) is 0.329. The number of nitrogens with zero attached hydrogens (tertiary/aromatic N) is 1. The van der Waals surface area contributed by atoms with Crippen LogP contribution < -0.4 is 4.90 Å². The van der Waals surface area contributed by atoms with Crippen LogP contribution in [-0.2, 0) is 18.9 Å². The van der Waals surface area contributed by atoms with Crippen LogP contribution in [0.15, 0.2) is 30.4 Å². The number of phenolic OH excluding ortho intramolecular Hbond substituents is 1. The van der Waals surface area contributed by atoms with Crippen molar-refractivity contribution in [2.75, 3.05) is 11.4 Å². The fourth-order valence-corrected chi connectivity index (χ4v) is 4.78. The van der Waals surface area contributed by atoms with Crippen LogP contribution in [0.4, 0.5) is 10.5 Å². The molecule has 0 aliphatic carbocycles. The molecule has 216 valence electrons. The summed E-state index contributed by atoms with van der Waals surface area (Å²) in [5.74, 6) is -1.60. The molecule has 39 heavy (non-hydrogen) atoms. The predicted octanol–water partition coefficient (Wildman–Crippen LogP) is 6.85. The van der Waals surface area contributed by atoms with Gasteiger partial charge in [0.1, 0.15) is 23.0 Å². The first-order valence-corrected chi connectivity index (χ1v) is 13.9. The lowest BCUT2D eigenvalue weighted by molar-refractivity contribution is -0.148. The second-order valence-corrected chi connectivity index (χ2v) is 12.1. The first-order chi connectivity index (χ1) is 18.1. The molecule has 2 aliphatic heterocycles. The molecule has 3 rings (SSSR count). The SMILES string of the molecule is CCCN(C(=O)OC(C)(C)C)c1cc(O)c2c(c1)/C=C/C[C@@H]1OC(C)(C)O[C@@H]1[C@H](C)/C=C\[C@@H](C)[C@H](C)OC2=O. The van der Waals surface area contributed by atoms with E-state index < -0.39 is 29.6 Å². The van der Waals surface area contributed by atoms with E-state index in [0.717, 1.165) is 0 Å². The maximum Gasteiger partial charge on any atom is 0.414 e. The van der Waals surface area contributed by atoms with Gasteiger partial charge in [0, 0.05) is 24.4 Å². The Balaban J connectivity index is 2.08. The summed E-state index contributed by atoms with van der Waals surface area (Å²) >= 11 is 0. The Morgan fingerprint density at radius 2 is 1.79 bits per heavy atom. The fraction of sp³-hybridized carbons (Fsp3) is 0.613. The zero-order valence-electron chi connectivity index (χ0n) is 24.8. The third kappa shape index (κ3) is 7.85. The minimum Gasteiger partial charge on any atom is -0.507 e. The van der Waals surface area contributed by atoms with Gasteiger partial charge >= 0.3 is 12.1 Å². The Kier molecular flexibility index (Phi) is 9.55. The molecule has 0 aromatic heterocycles. The van der Waals surface area contributed by atoms with Gasteiger partial charge in [-0.05, 0) is 66.0 Å². The van der Waals surface area contributed by atoms with E-state index in [-0.39, 0.29) is 35.4 Å². The molecule has 1 aromatic carbocycles. The Morgan fingerprint density at radius 3 is 2.44 bits per heavy atom. The zero-order valence-corrected chi connectivity index (χ0v) is 24.8. The Labute approximate surface area is 232 Å². The van der Waals surface area contributed by atoms with Gasteiger partial charge in [-0.15, -0.1) is 0 Å². The van der Waals surface area contributed by atoms with Crippen LogP contribution in [0.1, 0.15) is 91.1 Å². The molecule has 1 N–H and O–H groups in total. The van der Waals surface area contributed by atoms with Gasteiger partial charge in [0.2, 0.25) is 0 Å². The molecule has 0 saturated carbocycles. The van der Waals surface area contributed by atoms with Crippen LogP contribution in [-0.4, -0.2) is 53.4 Å². The molecule has 2 aliphatic rings. The van der Waals surface area contributed by atoms with Crippen molar-refractivity contribution in [3.05, 3.63) is 41.5 Å². The molecule has 0 radical (unpaired) electrons. The first-order valence-electron chi connectivity index (χ1n) is 13.9. The summed E-state index contributed by atoms with van der Waals surface area (Å²) in [6, 6.07) is 3.13. The largest absolute Gasteiger partial charge is 0.507 e. The number of amides is 1. The number of cyclic esters (lactones) is 1. The van der Waals surface area contributed by atoms with E-state index in [2.05, 4.69) is 13.0 Å². The van der Waals surface area contributed by atoms with Gasteiger partial charge < -0.3 is 24.1 Å². The van der Waals surface area contributed by atoms with Gasteiger partial charge in [0.05, 0.1) is 17.9 Å². The minimum absolute atomic E-state index is 0.0459. The zero-order chi connectivity index (χ0) is 29.1. The fourth-order valence-electron chi connectivity index (χ4n) is 4.78. The highest BCUT2D eigenvalue weighted by Gasteiger charge is 2.42. The van der Waals surface area contributed by atoms with Crippen LogP contribution in [0.25, 0.3) is 6.08 Å². The lowest BCUT2D eigenvalue weighted by Crippen LogP contribution is -2.37.